The molecule has 5 heteroatoms. The molecule has 0 heterocycles. The molecule has 90 valence electrons. The molecule has 0 atom stereocenters. The van der Waals surface area contributed by atoms with Gasteiger partial charge in [0.1, 0.15) is 5.75 Å². The number of halogens is 1. The van der Waals surface area contributed by atoms with Gasteiger partial charge in [-0.2, -0.15) is 0 Å². The predicted octanol–water partition coefficient (Wildman–Crippen LogP) is 2.34. The molecule has 1 aromatic carbocycles. The van der Waals surface area contributed by atoms with Crippen LogP contribution in [0.15, 0.2) is 18.2 Å². The van der Waals surface area contributed by atoms with Crippen LogP contribution in [0.2, 0.25) is 0 Å². The van der Waals surface area contributed by atoms with E-state index in [0.717, 1.165) is 0 Å². The van der Waals surface area contributed by atoms with Crippen molar-refractivity contribution in [1.82, 2.24) is 0 Å². The maximum absolute atomic E-state index is 11.5. The van der Waals surface area contributed by atoms with Crippen molar-refractivity contribution in [3.63, 3.8) is 0 Å². The van der Waals surface area contributed by atoms with E-state index in [0.29, 0.717) is 23.6 Å². The largest absolute Gasteiger partial charge is 0.497 e. The minimum absolute atomic E-state index is 0. The molecule has 0 bridgehead atoms. The van der Waals surface area contributed by atoms with E-state index < -0.39 is 0 Å². The van der Waals surface area contributed by atoms with Crippen molar-refractivity contribution in [3.8, 4) is 5.75 Å². The summed E-state index contributed by atoms with van der Waals surface area (Å²) >= 11 is 0. The number of hydrogen-bond donors (Lipinski definition) is 1. The van der Waals surface area contributed by atoms with Gasteiger partial charge in [0.15, 0.2) is 0 Å². The molecule has 1 rings (SSSR count). The van der Waals surface area contributed by atoms with Gasteiger partial charge in [0.05, 0.1) is 25.0 Å². The highest BCUT2D eigenvalue weighted by molar-refractivity contribution is 5.95. The molecule has 0 aromatic heterocycles. The quantitative estimate of drug-likeness (QED) is 0.828. The zero-order valence-corrected chi connectivity index (χ0v) is 10.4. The van der Waals surface area contributed by atoms with Crippen molar-refractivity contribution >= 4 is 24.1 Å². The summed E-state index contributed by atoms with van der Waals surface area (Å²) < 4.78 is 9.98. The van der Waals surface area contributed by atoms with Crippen LogP contribution in [0.25, 0.3) is 0 Å². The van der Waals surface area contributed by atoms with Crippen LogP contribution in [0.4, 0.5) is 5.69 Å². The van der Waals surface area contributed by atoms with Crippen molar-refractivity contribution in [1.29, 1.82) is 0 Å². The summed E-state index contributed by atoms with van der Waals surface area (Å²) in [6.07, 6.45) is 0. The van der Waals surface area contributed by atoms with Crippen LogP contribution in [-0.4, -0.2) is 26.7 Å². The number of nitrogens with one attached hydrogen (secondary N) is 1. The number of carbonyl (C=O) groups is 1. The minimum Gasteiger partial charge on any atom is -0.497 e. The molecule has 0 spiro atoms. The average Bonchev–Trinajstić information content (AvgIpc) is 2.28. The first-order valence-corrected chi connectivity index (χ1v) is 4.75. The highest BCUT2D eigenvalue weighted by Crippen LogP contribution is 2.22. The third kappa shape index (κ3) is 3.31. The van der Waals surface area contributed by atoms with Gasteiger partial charge in [-0.15, -0.1) is 12.4 Å². The first-order chi connectivity index (χ1) is 7.22. The molecule has 0 radical (unpaired) electrons. The molecular weight excluding hydrogens is 230 g/mol. The average molecular weight is 246 g/mol. The van der Waals surface area contributed by atoms with Crippen LogP contribution in [0, 0.1) is 0 Å². The van der Waals surface area contributed by atoms with Gasteiger partial charge >= 0.3 is 5.97 Å². The number of ether oxygens (including phenoxy) is 2. The summed E-state index contributed by atoms with van der Waals surface area (Å²) in [7, 11) is 3.33. The van der Waals surface area contributed by atoms with Crippen LogP contribution in [-0.2, 0) is 4.74 Å². The molecule has 16 heavy (non-hydrogen) atoms. The molecule has 0 aliphatic heterocycles. The predicted molar refractivity (Wildman–Crippen MR) is 65.7 cm³/mol. The van der Waals surface area contributed by atoms with Crippen molar-refractivity contribution in [2.45, 2.75) is 6.92 Å². The standard InChI is InChI=1S/C11H15NO3.ClH/c1-4-15-11(13)9-6-5-8(14-3)7-10(9)12-2;/h5-7,12H,4H2,1-3H3;1H. The monoisotopic (exact) mass is 245 g/mol. The van der Waals surface area contributed by atoms with Gasteiger partial charge in [-0.25, -0.2) is 4.79 Å². The summed E-state index contributed by atoms with van der Waals surface area (Å²) in [6, 6.07) is 5.17. The second kappa shape index (κ2) is 6.95. The van der Waals surface area contributed by atoms with Gasteiger partial charge < -0.3 is 14.8 Å². The fourth-order valence-corrected chi connectivity index (χ4v) is 1.24. The summed E-state index contributed by atoms with van der Waals surface area (Å²) in [5.74, 6) is 0.372. The maximum Gasteiger partial charge on any atom is 0.340 e. The van der Waals surface area contributed by atoms with Gasteiger partial charge in [0.2, 0.25) is 0 Å². The Hall–Kier alpha value is -1.42. The van der Waals surface area contributed by atoms with E-state index in [-0.39, 0.29) is 18.4 Å². The van der Waals surface area contributed by atoms with Gasteiger partial charge in [-0.05, 0) is 19.1 Å². The Balaban J connectivity index is 0.00000225. The molecule has 4 nitrogen and oxygen atoms in total. The van der Waals surface area contributed by atoms with Crippen molar-refractivity contribution < 1.29 is 14.3 Å². The second-order valence-electron chi connectivity index (χ2n) is 2.88. The van der Waals surface area contributed by atoms with Crippen LogP contribution < -0.4 is 10.1 Å². The van der Waals surface area contributed by atoms with E-state index in [2.05, 4.69) is 5.32 Å². The first kappa shape index (κ1) is 14.6. The first-order valence-electron chi connectivity index (χ1n) is 4.75. The molecular formula is C11H16ClNO3. The Morgan fingerprint density at radius 1 is 1.44 bits per heavy atom. The molecule has 0 saturated carbocycles. The molecule has 0 amide bonds. The van der Waals surface area contributed by atoms with Crippen molar-refractivity contribution in [2.75, 3.05) is 26.1 Å². The third-order valence-electron chi connectivity index (χ3n) is 1.99. The van der Waals surface area contributed by atoms with Crippen LogP contribution >= 0.6 is 12.4 Å². The van der Waals surface area contributed by atoms with E-state index >= 15 is 0 Å². The Morgan fingerprint density at radius 2 is 2.12 bits per heavy atom. The maximum atomic E-state index is 11.5. The summed E-state index contributed by atoms with van der Waals surface area (Å²) in [5, 5.41) is 2.93. The smallest absolute Gasteiger partial charge is 0.340 e. The minimum atomic E-state index is -0.329. The van der Waals surface area contributed by atoms with Crippen molar-refractivity contribution in [2.24, 2.45) is 0 Å². The number of rotatable bonds is 4. The lowest BCUT2D eigenvalue weighted by Gasteiger charge is -2.09. The molecule has 0 aliphatic rings. The third-order valence-corrected chi connectivity index (χ3v) is 1.99. The van der Waals surface area contributed by atoms with E-state index in [1.54, 1.807) is 39.3 Å². The fourth-order valence-electron chi connectivity index (χ4n) is 1.24. The zero-order valence-electron chi connectivity index (χ0n) is 9.57. The zero-order chi connectivity index (χ0) is 11.3. The Bertz CT molecular complexity index is 355. The van der Waals surface area contributed by atoms with Crippen LogP contribution in [0.3, 0.4) is 0 Å². The number of methoxy groups -OCH3 is 1. The topological polar surface area (TPSA) is 47.6 Å². The van der Waals surface area contributed by atoms with E-state index in [1.807, 2.05) is 0 Å². The van der Waals surface area contributed by atoms with Gasteiger partial charge in [0, 0.05) is 13.1 Å². The Kier molecular flexibility index (Phi) is 6.34. The van der Waals surface area contributed by atoms with Gasteiger partial charge in [0.25, 0.3) is 0 Å². The van der Waals surface area contributed by atoms with E-state index in [1.165, 1.54) is 0 Å². The molecule has 1 aromatic rings. The highest BCUT2D eigenvalue weighted by Gasteiger charge is 2.12. The number of benzene rings is 1. The highest BCUT2D eigenvalue weighted by atomic mass is 35.5. The Labute approximate surface area is 101 Å². The van der Waals surface area contributed by atoms with Crippen molar-refractivity contribution in [3.05, 3.63) is 23.8 Å². The number of anilines is 1. The van der Waals surface area contributed by atoms with E-state index in [9.17, 15) is 4.79 Å². The SMILES string of the molecule is CCOC(=O)c1ccc(OC)cc1NC.Cl. The van der Waals surface area contributed by atoms with Crippen LogP contribution in [0.5, 0.6) is 5.75 Å². The molecule has 0 unspecified atom stereocenters. The lowest BCUT2D eigenvalue weighted by atomic mass is 10.1. The normalized spacial score (nSPS) is 8.94. The molecule has 1 N–H and O–H groups in total. The Morgan fingerprint density at radius 3 is 2.62 bits per heavy atom. The lowest BCUT2D eigenvalue weighted by Crippen LogP contribution is -2.08. The number of carbonyl (C=O) groups excluding carboxylic acids is 1. The summed E-state index contributed by atoms with van der Waals surface area (Å²) in [6.45, 7) is 2.15. The molecule has 0 saturated heterocycles. The molecule has 0 fully saturated rings. The summed E-state index contributed by atoms with van der Waals surface area (Å²) in [4.78, 5) is 11.5. The van der Waals surface area contributed by atoms with Crippen LogP contribution in [0.1, 0.15) is 17.3 Å². The second-order valence-corrected chi connectivity index (χ2v) is 2.88. The fraction of sp³-hybridized carbons (Fsp3) is 0.364. The van der Waals surface area contributed by atoms with Gasteiger partial charge in [-0.3, -0.25) is 0 Å². The lowest BCUT2D eigenvalue weighted by molar-refractivity contribution is 0.0527. The summed E-state index contributed by atoms with van der Waals surface area (Å²) in [5.41, 5.74) is 1.22. The van der Waals surface area contributed by atoms with Gasteiger partial charge in [-0.1, -0.05) is 0 Å². The number of hydrogen-bond acceptors (Lipinski definition) is 4. The number of esters is 1. The molecule has 0 aliphatic carbocycles. The van der Waals surface area contributed by atoms with E-state index in [4.69, 9.17) is 9.47 Å².